The Hall–Kier alpha value is -2.97. The van der Waals surface area contributed by atoms with Crippen molar-refractivity contribution in [1.82, 2.24) is 29.5 Å². The fourth-order valence-corrected chi connectivity index (χ4v) is 4.00. The Bertz CT molecular complexity index is 1020. The van der Waals surface area contributed by atoms with Crippen LogP contribution in [0.1, 0.15) is 56.3 Å². The van der Waals surface area contributed by atoms with Gasteiger partial charge in [0.1, 0.15) is 11.0 Å². The van der Waals surface area contributed by atoms with E-state index in [1.807, 2.05) is 4.68 Å². The van der Waals surface area contributed by atoms with Crippen molar-refractivity contribution in [3.63, 3.8) is 0 Å². The van der Waals surface area contributed by atoms with E-state index in [9.17, 15) is 4.79 Å². The van der Waals surface area contributed by atoms with Crippen LogP contribution in [0.15, 0.2) is 18.6 Å². The van der Waals surface area contributed by atoms with E-state index in [1.165, 1.54) is 43.0 Å². The highest BCUT2D eigenvalue weighted by molar-refractivity contribution is 5.88. The second-order valence-electron chi connectivity index (χ2n) is 7.83. The van der Waals surface area contributed by atoms with Gasteiger partial charge in [-0.1, -0.05) is 26.2 Å². The lowest BCUT2D eigenvalue weighted by Crippen LogP contribution is -2.26. The number of carbonyl (C=O) groups excluding carboxylic acids is 1. The molecule has 3 aromatic rings. The van der Waals surface area contributed by atoms with E-state index in [1.54, 1.807) is 26.4 Å². The molecule has 1 saturated carbocycles. The number of nitrogens with zero attached hydrogens (tertiary/aromatic N) is 6. The summed E-state index contributed by atoms with van der Waals surface area (Å²) in [5.41, 5.74) is 2.02. The number of esters is 1. The van der Waals surface area contributed by atoms with Crippen LogP contribution < -0.4 is 4.74 Å². The smallest absolute Gasteiger partial charge is 0.341 e. The molecule has 154 valence electrons. The van der Waals surface area contributed by atoms with E-state index in [0.717, 1.165) is 12.1 Å². The Morgan fingerprint density at radius 2 is 1.97 bits per heavy atom. The molecular weight excluding hydrogens is 372 g/mol. The molecular formula is C20H26N6O3. The van der Waals surface area contributed by atoms with Gasteiger partial charge in [0.25, 0.3) is 5.95 Å². The molecule has 1 fully saturated rings. The molecule has 0 aliphatic heterocycles. The van der Waals surface area contributed by atoms with Gasteiger partial charge in [0, 0.05) is 12.7 Å². The summed E-state index contributed by atoms with van der Waals surface area (Å²) in [6, 6.07) is 0. The van der Waals surface area contributed by atoms with Gasteiger partial charge in [-0.05, 0) is 25.2 Å². The van der Waals surface area contributed by atoms with Gasteiger partial charge in [0.15, 0.2) is 0 Å². The van der Waals surface area contributed by atoms with E-state index in [4.69, 9.17) is 9.47 Å². The number of methoxy groups -OCH3 is 1. The third kappa shape index (κ3) is 3.81. The van der Waals surface area contributed by atoms with Crippen molar-refractivity contribution in [3.05, 3.63) is 24.2 Å². The lowest BCUT2D eigenvalue weighted by Gasteiger charge is -2.33. The zero-order valence-corrected chi connectivity index (χ0v) is 17.1. The number of fused-ring (bicyclic) bond motifs is 1. The number of hydrogen-bond acceptors (Lipinski definition) is 7. The molecule has 0 aromatic carbocycles. The minimum atomic E-state index is -0.430. The predicted octanol–water partition coefficient (Wildman–Crippen LogP) is 3.17. The Morgan fingerprint density at radius 1 is 1.17 bits per heavy atom. The van der Waals surface area contributed by atoms with Crippen LogP contribution in [0.25, 0.3) is 17.0 Å². The van der Waals surface area contributed by atoms with Crippen LogP contribution in [0.5, 0.6) is 5.88 Å². The summed E-state index contributed by atoms with van der Waals surface area (Å²) in [5, 5.41) is 8.76. The molecule has 0 saturated heterocycles. The van der Waals surface area contributed by atoms with Gasteiger partial charge in [-0.25, -0.2) is 14.5 Å². The third-order valence-corrected chi connectivity index (χ3v) is 5.53. The first-order chi connectivity index (χ1) is 14.0. The van der Waals surface area contributed by atoms with Gasteiger partial charge < -0.3 is 9.47 Å². The first kappa shape index (κ1) is 19.4. The maximum absolute atomic E-state index is 11.9. The zero-order chi connectivity index (χ0) is 20.4. The molecule has 0 radical (unpaired) electrons. The van der Waals surface area contributed by atoms with Gasteiger partial charge >= 0.3 is 5.97 Å². The Morgan fingerprint density at radius 3 is 2.69 bits per heavy atom. The van der Waals surface area contributed by atoms with Crippen molar-refractivity contribution in [1.29, 1.82) is 0 Å². The van der Waals surface area contributed by atoms with Crippen molar-refractivity contribution < 1.29 is 14.3 Å². The van der Waals surface area contributed by atoms with Crippen LogP contribution in [0, 0.1) is 5.41 Å². The van der Waals surface area contributed by atoms with Gasteiger partial charge in [0.05, 0.1) is 31.7 Å². The molecule has 0 spiro atoms. The van der Waals surface area contributed by atoms with Crippen molar-refractivity contribution >= 4 is 17.0 Å². The first-order valence-corrected chi connectivity index (χ1v) is 10.0. The fourth-order valence-electron chi connectivity index (χ4n) is 4.00. The molecule has 0 amide bonds. The van der Waals surface area contributed by atoms with Crippen LogP contribution in [0.2, 0.25) is 0 Å². The Balaban J connectivity index is 1.68. The topological polar surface area (TPSA) is 97.0 Å². The van der Waals surface area contributed by atoms with E-state index in [0.29, 0.717) is 29.5 Å². The molecule has 1 aliphatic rings. The Labute approximate surface area is 169 Å². The summed E-state index contributed by atoms with van der Waals surface area (Å²) >= 11 is 0. The van der Waals surface area contributed by atoms with Crippen molar-refractivity contribution in [3.8, 4) is 11.8 Å². The average Bonchev–Trinajstić information content (AvgIpc) is 3.35. The summed E-state index contributed by atoms with van der Waals surface area (Å²) in [6.45, 7) is 5.19. The molecule has 29 heavy (non-hydrogen) atoms. The minimum Gasteiger partial charge on any atom is -0.479 e. The summed E-state index contributed by atoms with van der Waals surface area (Å²) in [7, 11) is 1.58. The lowest BCUT2D eigenvalue weighted by atomic mass is 9.76. The molecule has 1 aliphatic carbocycles. The highest BCUT2D eigenvalue weighted by Crippen LogP contribution is 2.38. The second-order valence-corrected chi connectivity index (χ2v) is 7.83. The van der Waals surface area contributed by atoms with E-state index in [2.05, 4.69) is 27.1 Å². The van der Waals surface area contributed by atoms with Crippen LogP contribution >= 0.6 is 0 Å². The number of hydrogen-bond donors (Lipinski definition) is 0. The molecule has 0 atom stereocenters. The normalized spacial score (nSPS) is 16.1. The molecule has 0 unspecified atom stereocenters. The Kier molecular flexibility index (Phi) is 5.21. The molecule has 0 bridgehead atoms. The lowest BCUT2D eigenvalue weighted by molar-refractivity contribution is 0.0526. The standard InChI is InChI=1S/C20H26N6O3/c1-4-29-18(27)14-10-21-25(12-14)19-23-15-11-22-26(16(15)17(24-19)28-3)13-20(2)8-6-5-7-9-20/h10-12H,4-9,13H2,1-3H3. The largest absolute Gasteiger partial charge is 0.479 e. The van der Waals surface area contributed by atoms with Crippen LogP contribution in [-0.2, 0) is 11.3 Å². The van der Waals surface area contributed by atoms with Crippen molar-refractivity contribution in [2.45, 2.75) is 52.5 Å². The number of rotatable bonds is 6. The number of carbonyl (C=O) groups is 1. The van der Waals surface area contributed by atoms with Gasteiger partial charge in [-0.2, -0.15) is 15.2 Å². The minimum absolute atomic E-state index is 0.220. The molecule has 9 heteroatoms. The van der Waals surface area contributed by atoms with Gasteiger partial charge in [-0.15, -0.1) is 0 Å². The molecule has 0 N–H and O–H groups in total. The first-order valence-electron chi connectivity index (χ1n) is 10.0. The van der Waals surface area contributed by atoms with Gasteiger partial charge in [-0.3, -0.25) is 4.68 Å². The highest BCUT2D eigenvalue weighted by atomic mass is 16.5. The third-order valence-electron chi connectivity index (χ3n) is 5.53. The average molecular weight is 398 g/mol. The quantitative estimate of drug-likeness (QED) is 0.588. The van der Waals surface area contributed by atoms with Crippen molar-refractivity contribution in [2.24, 2.45) is 5.41 Å². The second kappa shape index (κ2) is 7.81. The monoisotopic (exact) mass is 398 g/mol. The summed E-state index contributed by atoms with van der Waals surface area (Å²) in [6.07, 6.45) is 10.9. The number of aromatic nitrogens is 6. The van der Waals surface area contributed by atoms with E-state index < -0.39 is 5.97 Å². The van der Waals surface area contributed by atoms with E-state index >= 15 is 0 Å². The molecule has 4 rings (SSSR count). The maximum Gasteiger partial charge on any atom is 0.341 e. The van der Waals surface area contributed by atoms with E-state index in [-0.39, 0.29) is 5.41 Å². The van der Waals surface area contributed by atoms with Crippen LogP contribution in [0.3, 0.4) is 0 Å². The SMILES string of the molecule is CCOC(=O)c1cnn(-c2nc(OC)c3c(cnn3CC3(C)CCCCC3)n2)c1. The fraction of sp³-hybridized carbons (Fsp3) is 0.550. The molecule has 3 heterocycles. The zero-order valence-electron chi connectivity index (χ0n) is 17.1. The molecule has 3 aromatic heterocycles. The number of ether oxygens (including phenoxy) is 2. The maximum atomic E-state index is 11.9. The van der Waals surface area contributed by atoms with Crippen LogP contribution in [-0.4, -0.2) is 49.2 Å². The summed E-state index contributed by atoms with van der Waals surface area (Å²) in [4.78, 5) is 21.0. The highest BCUT2D eigenvalue weighted by Gasteiger charge is 2.29. The molecule has 9 nitrogen and oxygen atoms in total. The predicted molar refractivity (Wildman–Crippen MR) is 106 cm³/mol. The van der Waals surface area contributed by atoms with Crippen LogP contribution in [0.4, 0.5) is 0 Å². The van der Waals surface area contributed by atoms with Crippen molar-refractivity contribution in [2.75, 3.05) is 13.7 Å². The summed E-state index contributed by atoms with van der Waals surface area (Å²) in [5.74, 6) is 0.323. The summed E-state index contributed by atoms with van der Waals surface area (Å²) < 4.78 is 14.0. The van der Waals surface area contributed by atoms with Gasteiger partial charge in [0.2, 0.25) is 5.88 Å².